The lowest BCUT2D eigenvalue weighted by Gasteiger charge is -2.17. The second-order valence-electron chi connectivity index (χ2n) is 7.31. The molecule has 0 amide bonds. The van der Waals surface area contributed by atoms with Gasteiger partial charge in [-0.3, -0.25) is 9.36 Å². The van der Waals surface area contributed by atoms with Crippen molar-refractivity contribution < 1.29 is 4.84 Å². The zero-order valence-electron chi connectivity index (χ0n) is 16.2. The number of oxime groups is 1. The van der Waals surface area contributed by atoms with E-state index >= 15 is 0 Å². The third kappa shape index (κ3) is 3.33. The van der Waals surface area contributed by atoms with Crippen LogP contribution in [-0.2, 0) is 4.84 Å². The van der Waals surface area contributed by atoms with Crippen molar-refractivity contribution in [2.24, 2.45) is 5.16 Å². The van der Waals surface area contributed by atoms with E-state index in [2.05, 4.69) is 40.1 Å². The van der Waals surface area contributed by atoms with Gasteiger partial charge in [0, 0.05) is 10.9 Å². The number of aromatic nitrogens is 2. The highest BCUT2D eigenvalue weighted by molar-refractivity contribution is 9.10. The SMILES string of the molecule is Cc1ccc(C2=NOC(c3nc4ccccc4c(=O)n3-c3ccc(Br)cc3)C2)cc1. The maximum atomic E-state index is 13.4. The summed E-state index contributed by atoms with van der Waals surface area (Å²) < 4.78 is 2.57. The molecule has 5 rings (SSSR count). The molecule has 0 radical (unpaired) electrons. The van der Waals surface area contributed by atoms with E-state index in [1.807, 2.05) is 54.6 Å². The van der Waals surface area contributed by atoms with Gasteiger partial charge in [-0.2, -0.15) is 0 Å². The number of rotatable bonds is 3. The Balaban J connectivity index is 1.62. The summed E-state index contributed by atoms with van der Waals surface area (Å²) in [4.78, 5) is 24.0. The summed E-state index contributed by atoms with van der Waals surface area (Å²) in [7, 11) is 0. The van der Waals surface area contributed by atoms with E-state index in [9.17, 15) is 4.79 Å². The summed E-state index contributed by atoms with van der Waals surface area (Å²) >= 11 is 3.45. The molecule has 0 saturated heterocycles. The van der Waals surface area contributed by atoms with Gasteiger partial charge in [0.05, 0.1) is 22.3 Å². The van der Waals surface area contributed by atoms with Gasteiger partial charge in [-0.05, 0) is 48.9 Å². The average molecular weight is 460 g/mol. The Morgan fingerprint density at radius 3 is 2.50 bits per heavy atom. The lowest BCUT2D eigenvalue weighted by molar-refractivity contribution is 0.0774. The molecule has 0 spiro atoms. The highest BCUT2D eigenvalue weighted by Crippen LogP contribution is 2.30. The van der Waals surface area contributed by atoms with E-state index in [1.165, 1.54) is 5.56 Å². The Kier molecular flexibility index (Phi) is 4.71. The summed E-state index contributed by atoms with van der Waals surface area (Å²) in [5.74, 6) is 0.548. The van der Waals surface area contributed by atoms with Crippen LogP contribution < -0.4 is 5.56 Å². The Hall–Kier alpha value is -3.25. The van der Waals surface area contributed by atoms with Crippen LogP contribution in [0.4, 0.5) is 0 Å². The minimum Gasteiger partial charge on any atom is -0.384 e. The van der Waals surface area contributed by atoms with Crippen LogP contribution in [0.1, 0.15) is 29.5 Å². The van der Waals surface area contributed by atoms with Crippen molar-refractivity contribution in [1.82, 2.24) is 9.55 Å². The quantitative estimate of drug-likeness (QED) is 0.416. The summed E-state index contributed by atoms with van der Waals surface area (Å²) in [5.41, 5.74) is 4.33. The van der Waals surface area contributed by atoms with Crippen LogP contribution in [0.15, 0.2) is 87.2 Å². The molecule has 30 heavy (non-hydrogen) atoms. The molecule has 0 saturated carbocycles. The minimum absolute atomic E-state index is 0.120. The average Bonchev–Trinajstić information content (AvgIpc) is 3.25. The minimum atomic E-state index is -0.442. The molecule has 0 N–H and O–H groups in total. The third-order valence-electron chi connectivity index (χ3n) is 5.23. The third-order valence-corrected chi connectivity index (χ3v) is 5.76. The number of nitrogens with zero attached hydrogens (tertiary/aromatic N) is 3. The van der Waals surface area contributed by atoms with Gasteiger partial charge in [-0.15, -0.1) is 0 Å². The predicted molar refractivity (Wildman–Crippen MR) is 121 cm³/mol. The summed E-state index contributed by atoms with van der Waals surface area (Å²) in [6, 6.07) is 23.2. The molecule has 1 unspecified atom stereocenters. The second kappa shape index (κ2) is 7.54. The number of fused-ring (bicyclic) bond motifs is 1. The van der Waals surface area contributed by atoms with Gasteiger partial charge < -0.3 is 4.84 Å². The van der Waals surface area contributed by atoms with Crippen molar-refractivity contribution in [2.75, 3.05) is 0 Å². The van der Waals surface area contributed by atoms with E-state index in [-0.39, 0.29) is 5.56 Å². The van der Waals surface area contributed by atoms with Crippen LogP contribution >= 0.6 is 15.9 Å². The lowest BCUT2D eigenvalue weighted by atomic mass is 10.0. The Morgan fingerprint density at radius 1 is 1.00 bits per heavy atom. The van der Waals surface area contributed by atoms with Gasteiger partial charge in [-0.1, -0.05) is 63.0 Å². The molecule has 1 aliphatic rings. The number of halogens is 1. The Morgan fingerprint density at radius 2 is 1.73 bits per heavy atom. The van der Waals surface area contributed by atoms with Crippen molar-refractivity contribution >= 4 is 32.5 Å². The second-order valence-corrected chi connectivity index (χ2v) is 8.22. The monoisotopic (exact) mass is 459 g/mol. The van der Waals surface area contributed by atoms with E-state index in [0.29, 0.717) is 23.1 Å². The fourth-order valence-corrected chi connectivity index (χ4v) is 3.90. The summed E-state index contributed by atoms with van der Waals surface area (Å²) in [5, 5.41) is 4.88. The van der Waals surface area contributed by atoms with E-state index in [1.54, 1.807) is 10.6 Å². The van der Waals surface area contributed by atoms with Gasteiger partial charge in [0.2, 0.25) is 0 Å². The molecule has 148 valence electrons. The molecule has 1 atom stereocenters. The highest BCUT2D eigenvalue weighted by Gasteiger charge is 2.29. The molecule has 3 aromatic carbocycles. The van der Waals surface area contributed by atoms with Gasteiger partial charge in [0.15, 0.2) is 11.9 Å². The number of benzene rings is 3. The standard InChI is InChI=1S/C24H18BrN3O2/c1-15-6-8-16(9-7-15)21-14-22(30-27-21)23-26-20-5-3-2-4-19(20)24(29)28(23)18-12-10-17(25)11-13-18/h2-13,22H,14H2,1H3. The Labute approximate surface area is 181 Å². The van der Waals surface area contributed by atoms with Crippen LogP contribution in [-0.4, -0.2) is 15.3 Å². The molecule has 0 fully saturated rings. The molecule has 1 aromatic heterocycles. The van der Waals surface area contributed by atoms with Crippen LogP contribution in [0.2, 0.25) is 0 Å². The van der Waals surface area contributed by atoms with E-state index < -0.39 is 6.10 Å². The van der Waals surface area contributed by atoms with Crippen LogP contribution in [0.5, 0.6) is 0 Å². The topological polar surface area (TPSA) is 56.5 Å². The molecular weight excluding hydrogens is 442 g/mol. The fourth-order valence-electron chi connectivity index (χ4n) is 3.64. The first-order valence-electron chi connectivity index (χ1n) is 9.67. The molecule has 0 bridgehead atoms. The Bertz CT molecular complexity index is 1330. The maximum absolute atomic E-state index is 13.4. The first-order valence-corrected chi connectivity index (χ1v) is 10.5. The van der Waals surface area contributed by atoms with Crippen molar-refractivity contribution in [1.29, 1.82) is 0 Å². The van der Waals surface area contributed by atoms with Gasteiger partial charge >= 0.3 is 0 Å². The number of hydrogen-bond acceptors (Lipinski definition) is 4. The lowest BCUT2D eigenvalue weighted by Crippen LogP contribution is -2.26. The van der Waals surface area contributed by atoms with Crippen LogP contribution in [0.3, 0.4) is 0 Å². The smallest absolute Gasteiger partial charge is 0.266 e. The maximum Gasteiger partial charge on any atom is 0.266 e. The molecule has 6 heteroatoms. The van der Waals surface area contributed by atoms with E-state index in [0.717, 1.165) is 21.4 Å². The molecule has 1 aliphatic heterocycles. The first kappa shape index (κ1) is 18.8. The molecule has 5 nitrogen and oxygen atoms in total. The zero-order valence-corrected chi connectivity index (χ0v) is 17.8. The highest BCUT2D eigenvalue weighted by atomic mass is 79.9. The first-order chi connectivity index (χ1) is 14.6. The van der Waals surface area contributed by atoms with Crippen molar-refractivity contribution in [3.63, 3.8) is 0 Å². The number of para-hydroxylation sites is 1. The number of hydrogen-bond donors (Lipinski definition) is 0. The van der Waals surface area contributed by atoms with Crippen molar-refractivity contribution in [3.8, 4) is 5.69 Å². The molecular formula is C24H18BrN3O2. The van der Waals surface area contributed by atoms with Crippen LogP contribution in [0.25, 0.3) is 16.6 Å². The predicted octanol–water partition coefficient (Wildman–Crippen LogP) is 5.32. The molecule has 0 aliphatic carbocycles. The molecule has 4 aromatic rings. The number of aryl methyl sites for hydroxylation is 1. The molecule has 2 heterocycles. The van der Waals surface area contributed by atoms with Crippen LogP contribution in [0, 0.1) is 6.92 Å². The fraction of sp³-hybridized carbons (Fsp3) is 0.125. The van der Waals surface area contributed by atoms with Crippen molar-refractivity contribution in [3.05, 3.63) is 105 Å². The van der Waals surface area contributed by atoms with Crippen molar-refractivity contribution in [2.45, 2.75) is 19.4 Å². The van der Waals surface area contributed by atoms with Gasteiger partial charge in [-0.25, -0.2) is 4.98 Å². The summed E-state index contributed by atoms with van der Waals surface area (Å²) in [6.45, 7) is 2.05. The largest absolute Gasteiger partial charge is 0.384 e. The normalized spacial score (nSPS) is 15.8. The van der Waals surface area contributed by atoms with Gasteiger partial charge in [0.1, 0.15) is 0 Å². The van der Waals surface area contributed by atoms with E-state index in [4.69, 9.17) is 9.82 Å². The zero-order chi connectivity index (χ0) is 20.7. The van der Waals surface area contributed by atoms with Gasteiger partial charge in [0.25, 0.3) is 5.56 Å². The summed E-state index contributed by atoms with van der Waals surface area (Å²) in [6.07, 6.45) is 0.104.